The molecule has 3 aromatic rings. The van der Waals surface area contributed by atoms with E-state index < -0.39 is 0 Å². The number of rotatable bonds is 6. The number of methoxy groups -OCH3 is 1. The number of carbonyl (C=O) groups is 1. The van der Waals surface area contributed by atoms with Crippen molar-refractivity contribution in [3.63, 3.8) is 0 Å². The molecule has 35 heavy (non-hydrogen) atoms. The molecule has 0 saturated carbocycles. The summed E-state index contributed by atoms with van der Waals surface area (Å²) in [6.45, 7) is 4.62. The lowest BCUT2D eigenvalue weighted by Crippen LogP contribution is -2.37. The molecular weight excluding hydrogens is 442 g/mol. The van der Waals surface area contributed by atoms with Crippen molar-refractivity contribution in [3.05, 3.63) is 71.5 Å². The fourth-order valence-corrected chi connectivity index (χ4v) is 4.99. The van der Waals surface area contributed by atoms with Crippen LogP contribution in [0.5, 0.6) is 5.75 Å². The molecule has 1 aromatic heterocycles. The molecule has 2 aliphatic heterocycles. The van der Waals surface area contributed by atoms with Crippen LogP contribution in [-0.2, 0) is 11.3 Å². The van der Waals surface area contributed by atoms with E-state index in [-0.39, 0.29) is 17.9 Å². The summed E-state index contributed by atoms with van der Waals surface area (Å²) in [7, 11) is 1.64. The molecule has 2 aliphatic rings. The molecular formula is C27H31N5O3. The lowest BCUT2D eigenvalue weighted by Gasteiger charge is -2.29. The number of carbonyl (C=O) groups excluding carboxylic acids is 1. The molecule has 0 bridgehead atoms. The largest absolute Gasteiger partial charge is 0.497 e. The maximum absolute atomic E-state index is 13.9. The van der Waals surface area contributed by atoms with Crippen molar-refractivity contribution in [3.8, 4) is 16.9 Å². The summed E-state index contributed by atoms with van der Waals surface area (Å²) < 4.78 is 10.9. The molecule has 3 heterocycles. The Morgan fingerprint density at radius 2 is 1.97 bits per heavy atom. The van der Waals surface area contributed by atoms with Gasteiger partial charge in [-0.25, -0.2) is 9.97 Å². The Kier molecular flexibility index (Phi) is 6.92. The lowest BCUT2D eigenvalue weighted by atomic mass is 9.98. The van der Waals surface area contributed by atoms with Gasteiger partial charge in [0.1, 0.15) is 5.75 Å². The minimum absolute atomic E-state index is 0.0325. The standard InChI is InChI=1S/C27H31N5O3/c1-34-21-8-4-7-19(16-21)23-17-29-27(28)30-25(23)24-10-5-11-32(24)26(33)22-9-3-2-6-20(22)18-31-12-14-35-15-13-31/h2-4,6-9,16-17,24H,5,10-15,18H2,1H3,(H2,28,29,30). The Labute approximate surface area is 205 Å². The normalized spacial score (nSPS) is 18.5. The van der Waals surface area contributed by atoms with Crippen molar-refractivity contribution in [2.24, 2.45) is 0 Å². The van der Waals surface area contributed by atoms with Gasteiger partial charge in [-0.2, -0.15) is 0 Å². The summed E-state index contributed by atoms with van der Waals surface area (Å²) >= 11 is 0. The van der Waals surface area contributed by atoms with Crippen LogP contribution in [0.1, 0.15) is 40.5 Å². The van der Waals surface area contributed by atoms with E-state index in [1.807, 2.05) is 47.4 Å². The van der Waals surface area contributed by atoms with Gasteiger partial charge in [0.15, 0.2) is 0 Å². The molecule has 2 fully saturated rings. The van der Waals surface area contributed by atoms with Crippen LogP contribution in [0.15, 0.2) is 54.7 Å². The number of amides is 1. The number of ether oxygens (including phenoxy) is 2. The van der Waals surface area contributed by atoms with Crippen molar-refractivity contribution in [1.82, 2.24) is 19.8 Å². The Hall–Kier alpha value is -3.49. The zero-order valence-corrected chi connectivity index (χ0v) is 20.0. The molecule has 182 valence electrons. The molecule has 8 heteroatoms. The monoisotopic (exact) mass is 473 g/mol. The maximum atomic E-state index is 13.9. The third-order valence-electron chi connectivity index (χ3n) is 6.79. The van der Waals surface area contributed by atoms with Gasteiger partial charge < -0.3 is 20.1 Å². The molecule has 0 aliphatic carbocycles. The first-order chi connectivity index (χ1) is 17.1. The summed E-state index contributed by atoms with van der Waals surface area (Å²) in [6, 6.07) is 15.5. The predicted molar refractivity (Wildman–Crippen MR) is 134 cm³/mol. The van der Waals surface area contributed by atoms with Crippen LogP contribution < -0.4 is 10.5 Å². The predicted octanol–water partition coefficient (Wildman–Crippen LogP) is 3.54. The summed E-state index contributed by atoms with van der Waals surface area (Å²) in [5.41, 5.74) is 10.4. The summed E-state index contributed by atoms with van der Waals surface area (Å²) in [5, 5.41) is 0. The second kappa shape index (κ2) is 10.4. The number of nitrogens with zero attached hydrogens (tertiary/aromatic N) is 4. The zero-order chi connectivity index (χ0) is 24.2. The second-order valence-electron chi connectivity index (χ2n) is 8.96. The van der Waals surface area contributed by atoms with Crippen molar-refractivity contribution < 1.29 is 14.3 Å². The Balaban J connectivity index is 1.47. The first kappa shape index (κ1) is 23.3. The second-order valence-corrected chi connectivity index (χ2v) is 8.96. The Bertz CT molecular complexity index is 1190. The van der Waals surface area contributed by atoms with E-state index in [2.05, 4.69) is 20.9 Å². The highest BCUT2D eigenvalue weighted by Crippen LogP contribution is 2.38. The van der Waals surface area contributed by atoms with Gasteiger partial charge >= 0.3 is 0 Å². The lowest BCUT2D eigenvalue weighted by molar-refractivity contribution is 0.0339. The van der Waals surface area contributed by atoms with Crippen LogP contribution in [0.25, 0.3) is 11.1 Å². The van der Waals surface area contributed by atoms with Gasteiger partial charge in [-0.15, -0.1) is 0 Å². The summed E-state index contributed by atoms with van der Waals surface area (Å²) in [6.07, 6.45) is 3.48. The van der Waals surface area contributed by atoms with Gasteiger partial charge in [0.25, 0.3) is 5.91 Å². The third-order valence-corrected chi connectivity index (χ3v) is 6.79. The molecule has 0 radical (unpaired) electrons. The first-order valence-corrected chi connectivity index (χ1v) is 12.1. The number of nitrogen functional groups attached to an aromatic ring is 1. The van der Waals surface area contributed by atoms with E-state index in [4.69, 9.17) is 15.2 Å². The van der Waals surface area contributed by atoms with Crippen LogP contribution in [0, 0.1) is 0 Å². The van der Waals surface area contributed by atoms with Crippen LogP contribution in [0.4, 0.5) is 5.95 Å². The van der Waals surface area contributed by atoms with Gasteiger partial charge in [0, 0.05) is 43.5 Å². The minimum Gasteiger partial charge on any atom is -0.497 e. The Morgan fingerprint density at radius 3 is 2.80 bits per heavy atom. The average molecular weight is 474 g/mol. The summed E-state index contributed by atoms with van der Waals surface area (Å²) in [5.74, 6) is 0.991. The number of hydrogen-bond donors (Lipinski definition) is 1. The fourth-order valence-electron chi connectivity index (χ4n) is 4.99. The molecule has 8 nitrogen and oxygen atoms in total. The number of nitrogens with two attached hydrogens (primary N) is 1. The van der Waals surface area contributed by atoms with Crippen LogP contribution in [0.2, 0.25) is 0 Å². The van der Waals surface area contributed by atoms with E-state index in [1.54, 1.807) is 13.3 Å². The van der Waals surface area contributed by atoms with Gasteiger partial charge in [0.2, 0.25) is 5.95 Å². The van der Waals surface area contributed by atoms with E-state index >= 15 is 0 Å². The van der Waals surface area contributed by atoms with Crippen molar-refractivity contribution in [2.45, 2.75) is 25.4 Å². The zero-order valence-electron chi connectivity index (χ0n) is 20.0. The van der Waals surface area contributed by atoms with Gasteiger partial charge in [0.05, 0.1) is 32.1 Å². The molecule has 1 amide bonds. The van der Waals surface area contributed by atoms with E-state index in [1.165, 1.54) is 0 Å². The minimum atomic E-state index is -0.176. The SMILES string of the molecule is COc1cccc(-c2cnc(N)nc2C2CCCN2C(=O)c2ccccc2CN2CCOCC2)c1. The van der Waals surface area contributed by atoms with Crippen LogP contribution in [-0.4, -0.2) is 65.6 Å². The maximum Gasteiger partial charge on any atom is 0.254 e. The fraction of sp³-hybridized carbons (Fsp3) is 0.370. The van der Waals surface area contributed by atoms with E-state index in [9.17, 15) is 4.79 Å². The average Bonchev–Trinajstić information content (AvgIpc) is 3.39. The first-order valence-electron chi connectivity index (χ1n) is 12.1. The van der Waals surface area contributed by atoms with Gasteiger partial charge in [-0.1, -0.05) is 30.3 Å². The highest BCUT2D eigenvalue weighted by Gasteiger charge is 2.34. The van der Waals surface area contributed by atoms with Crippen molar-refractivity contribution in [1.29, 1.82) is 0 Å². The summed E-state index contributed by atoms with van der Waals surface area (Å²) in [4.78, 5) is 27.1. The molecule has 2 N–H and O–H groups in total. The third kappa shape index (κ3) is 4.99. The van der Waals surface area contributed by atoms with Crippen LogP contribution >= 0.6 is 0 Å². The molecule has 2 saturated heterocycles. The molecule has 2 aromatic carbocycles. The number of anilines is 1. The highest BCUT2D eigenvalue weighted by atomic mass is 16.5. The van der Waals surface area contributed by atoms with Crippen molar-refractivity contribution in [2.75, 3.05) is 45.7 Å². The number of hydrogen-bond acceptors (Lipinski definition) is 7. The highest BCUT2D eigenvalue weighted by molar-refractivity contribution is 5.96. The van der Waals surface area contributed by atoms with E-state index in [0.717, 1.165) is 79.4 Å². The molecule has 0 spiro atoms. The number of aromatic nitrogens is 2. The molecule has 1 unspecified atom stereocenters. The van der Waals surface area contributed by atoms with Gasteiger partial charge in [-0.3, -0.25) is 9.69 Å². The number of benzene rings is 2. The topological polar surface area (TPSA) is 93.8 Å². The molecule has 1 atom stereocenters. The van der Waals surface area contributed by atoms with Crippen LogP contribution in [0.3, 0.4) is 0 Å². The van der Waals surface area contributed by atoms with Crippen molar-refractivity contribution >= 4 is 11.9 Å². The molecule has 5 rings (SSSR count). The number of morpholine rings is 1. The van der Waals surface area contributed by atoms with Gasteiger partial charge in [-0.05, 0) is 42.2 Å². The quantitative estimate of drug-likeness (QED) is 0.585. The Morgan fingerprint density at radius 1 is 1.14 bits per heavy atom. The van der Waals surface area contributed by atoms with E-state index in [0.29, 0.717) is 6.54 Å². The number of likely N-dealkylation sites (tertiary alicyclic amines) is 1. The smallest absolute Gasteiger partial charge is 0.254 e.